The van der Waals surface area contributed by atoms with Gasteiger partial charge in [-0.25, -0.2) is 13.1 Å². The topological polar surface area (TPSA) is 88.9 Å². The van der Waals surface area contributed by atoms with Gasteiger partial charge in [0.25, 0.3) is 0 Å². The van der Waals surface area contributed by atoms with E-state index in [9.17, 15) is 8.42 Å². The van der Waals surface area contributed by atoms with E-state index >= 15 is 0 Å². The highest BCUT2D eigenvalue weighted by Crippen LogP contribution is 2.15. The number of aromatic nitrogens is 3. The lowest BCUT2D eigenvalue weighted by Gasteiger charge is -2.13. The quantitative estimate of drug-likeness (QED) is 0.814. The van der Waals surface area contributed by atoms with Crippen LogP contribution in [0.5, 0.6) is 0 Å². The molecule has 1 aromatic heterocycles. The summed E-state index contributed by atoms with van der Waals surface area (Å²) in [5.74, 6) is 0.561. The Bertz CT molecular complexity index is 694. The second kappa shape index (κ2) is 6.33. The van der Waals surface area contributed by atoms with Gasteiger partial charge in [-0.15, -0.1) is 10.2 Å². The zero-order valence-electron chi connectivity index (χ0n) is 12.2. The number of benzene rings is 1. The molecule has 2 N–H and O–H groups in total. The predicted molar refractivity (Wildman–Crippen MR) is 78.9 cm³/mol. The second-order valence-electron chi connectivity index (χ2n) is 4.82. The lowest BCUT2D eigenvalue weighted by molar-refractivity contribution is 0.553. The third-order valence-electron chi connectivity index (χ3n) is 3.08. The Labute approximate surface area is 124 Å². The van der Waals surface area contributed by atoms with E-state index in [-0.39, 0.29) is 4.90 Å². The van der Waals surface area contributed by atoms with Crippen molar-refractivity contribution in [1.82, 2.24) is 24.8 Å². The van der Waals surface area contributed by atoms with Crippen LogP contribution in [0.2, 0.25) is 0 Å². The lowest BCUT2D eigenvalue weighted by atomic mass is 10.2. The molecule has 114 valence electrons. The summed E-state index contributed by atoms with van der Waals surface area (Å²) >= 11 is 0. The molecule has 0 bridgehead atoms. The Kier molecular flexibility index (Phi) is 4.71. The van der Waals surface area contributed by atoms with E-state index in [0.717, 1.165) is 5.56 Å². The molecule has 1 heterocycles. The Morgan fingerprint density at radius 3 is 2.48 bits per heavy atom. The number of nitrogens with zero attached hydrogens (tertiary/aromatic N) is 3. The number of sulfonamides is 1. The first kappa shape index (κ1) is 15.6. The van der Waals surface area contributed by atoms with Crippen molar-refractivity contribution in [2.75, 3.05) is 7.05 Å². The van der Waals surface area contributed by atoms with Crippen LogP contribution in [0.1, 0.15) is 24.4 Å². The average Bonchev–Trinajstić information content (AvgIpc) is 2.85. The smallest absolute Gasteiger partial charge is 0.241 e. The highest BCUT2D eigenvalue weighted by atomic mass is 32.2. The standard InChI is InChI=1S/C13H19N5O2S/c1-10(13-16-15-9-18(13)3)17-21(19,20)12-6-4-11(5-7-12)8-14-2/h4-7,9-10,14,17H,8H2,1-3H3. The zero-order valence-corrected chi connectivity index (χ0v) is 13.1. The van der Waals surface area contributed by atoms with Gasteiger partial charge in [0, 0.05) is 13.6 Å². The van der Waals surface area contributed by atoms with E-state index < -0.39 is 16.1 Å². The van der Waals surface area contributed by atoms with Gasteiger partial charge in [0.15, 0.2) is 0 Å². The maximum atomic E-state index is 12.3. The molecule has 1 atom stereocenters. The van der Waals surface area contributed by atoms with Crippen LogP contribution in [0, 0.1) is 0 Å². The summed E-state index contributed by atoms with van der Waals surface area (Å²) in [6, 6.07) is 6.31. The summed E-state index contributed by atoms with van der Waals surface area (Å²) in [6.45, 7) is 2.43. The monoisotopic (exact) mass is 309 g/mol. The maximum Gasteiger partial charge on any atom is 0.241 e. The van der Waals surface area contributed by atoms with E-state index in [1.807, 2.05) is 7.05 Å². The van der Waals surface area contributed by atoms with Crippen molar-refractivity contribution >= 4 is 10.0 Å². The van der Waals surface area contributed by atoms with Crippen LogP contribution in [0.15, 0.2) is 35.5 Å². The van der Waals surface area contributed by atoms with Gasteiger partial charge in [0.05, 0.1) is 10.9 Å². The summed E-state index contributed by atoms with van der Waals surface area (Å²) in [6.07, 6.45) is 1.53. The van der Waals surface area contributed by atoms with Crippen LogP contribution in [0.4, 0.5) is 0 Å². The SMILES string of the molecule is CNCc1ccc(S(=O)(=O)NC(C)c2nncn2C)cc1. The van der Waals surface area contributed by atoms with Crippen molar-refractivity contribution in [2.24, 2.45) is 7.05 Å². The molecule has 7 nitrogen and oxygen atoms in total. The molecule has 0 aliphatic rings. The van der Waals surface area contributed by atoms with E-state index in [1.165, 1.54) is 6.33 Å². The average molecular weight is 309 g/mol. The first-order valence-electron chi connectivity index (χ1n) is 6.54. The van der Waals surface area contributed by atoms with Crippen molar-refractivity contribution in [1.29, 1.82) is 0 Å². The molecule has 0 aliphatic carbocycles. The highest BCUT2D eigenvalue weighted by molar-refractivity contribution is 7.89. The van der Waals surface area contributed by atoms with Crippen LogP contribution >= 0.6 is 0 Å². The Morgan fingerprint density at radius 1 is 1.29 bits per heavy atom. The minimum Gasteiger partial charge on any atom is -0.319 e. The van der Waals surface area contributed by atoms with Gasteiger partial charge in [-0.1, -0.05) is 12.1 Å². The van der Waals surface area contributed by atoms with Gasteiger partial charge in [0.1, 0.15) is 12.2 Å². The number of aryl methyl sites for hydroxylation is 1. The van der Waals surface area contributed by atoms with Crippen LogP contribution in [-0.2, 0) is 23.6 Å². The first-order chi connectivity index (χ1) is 9.94. The molecule has 21 heavy (non-hydrogen) atoms. The third kappa shape index (κ3) is 3.66. The number of nitrogens with one attached hydrogen (secondary N) is 2. The Morgan fingerprint density at radius 2 is 1.95 bits per heavy atom. The molecule has 0 spiro atoms. The van der Waals surface area contributed by atoms with Gasteiger partial charge in [-0.05, 0) is 31.7 Å². The van der Waals surface area contributed by atoms with E-state index in [1.54, 1.807) is 42.8 Å². The molecule has 1 unspecified atom stereocenters. The first-order valence-corrected chi connectivity index (χ1v) is 8.02. The molecule has 0 saturated heterocycles. The van der Waals surface area contributed by atoms with Crippen molar-refractivity contribution in [2.45, 2.75) is 24.4 Å². The number of hydrogen-bond donors (Lipinski definition) is 2. The summed E-state index contributed by atoms with van der Waals surface area (Å²) in [5, 5.41) is 10.7. The summed E-state index contributed by atoms with van der Waals surface area (Å²) in [7, 11) is 0.0270. The van der Waals surface area contributed by atoms with Crippen molar-refractivity contribution in [3.63, 3.8) is 0 Å². The fourth-order valence-electron chi connectivity index (χ4n) is 2.03. The molecule has 2 aromatic rings. The molecule has 0 fully saturated rings. The van der Waals surface area contributed by atoms with E-state index in [2.05, 4.69) is 20.2 Å². The maximum absolute atomic E-state index is 12.3. The molecule has 0 amide bonds. The lowest BCUT2D eigenvalue weighted by Crippen LogP contribution is -2.28. The number of rotatable bonds is 6. The predicted octanol–water partition coefficient (Wildman–Crippen LogP) is 0.574. The molecule has 0 radical (unpaired) electrons. The molecule has 0 saturated carbocycles. The van der Waals surface area contributed by atoms with Crippen LogP contribution in [0.3, 0.4) is 0 Å². The van der Waals surface area contributed by atoms with Crippen molar-refractivity contribution in [3.8, 4) is 0 Å². The van der Waals surface area contributed by atoms with Gasteiger partial charge < -0.3 is 9.88 Å². The Hall–Kier alpha value is -1.77. The van der Waals surface area contributed by atoms with Gasteiger partial charge in [-0.3, -0.25) is 0 Å². The molecular formula is C13H19N5O2S. The highest BCUT2D eigenvalue weighted by Gasteiger charge is 2.20. The molecule has 1 aromatic carbocycles. The van der Waals surface area contributed by atoms with Crippen LogP contribution in [0.25, 0.3) is 0 Å². The minimum atomic E-state index is -3.59. The molecule has 8 heteroatoms. The number of hydrogen-bond acceptors (Lipinski definition) is 5. The van der Waals surface area contributed by atoms with Crippen LogP contribution < -0.4 is 10.0 Å². The van der Waals surface area contributed by atoms with Crippen LogP contribution in [-0.4, -0.2) is 30.2 Å². The minimum absolute atomic E-state index is 0.233. The summed E-state index contributed by atoms with van der Waals surface area (Å²) < 4.78 is 29.0. The van der Waals surface area contributed by atoms with Gasteiger partial charge >= 0.3 is 0 Å². The fraction of sp³-hybridized carbons (Fsp3) is 0.385. The summed E-state index contributed by atoms with van der Waals surface area (Å²) in [5.41, 5.74) is 1.03. The molecule has 0 aliphatic heterocycles. The fourth-order valence-corrected chi connectivity index (χ4v) is 3.23. The van der Waals surface area contributed by atoms with E-state index in [0.29, 0.717) is 12.4 Å². The molecule has 2 rings (SSSR count). The van der Waals surface area contributed by atoms with Gasteiger partial charge in [0.2, 0.25) is 10.0 Å². The normalized spacial score (nSPS) is 13.3. The van der Waals surface area contributed by atoms with Crippen molar-refractivity contribution in [3.05, 3.63) is 42.0 Å². The zero-order chi connectivity index (χ0) is 15.5. The van der Waals surface area contributed by atoms with E-state index in [4.69, 9.17) is 0 Å². The molecular weight excluding hydrogens is 290 g/mol. The van der Waals surface area contributed by atoms with Gasteiger partial charge in [-0.2, -0.15) is 0 Å². The summed E-state index contributed by atoms with van der Waals surface area (Å²) in [4.78, 5) is 0.233. The Balaban J connectivity index is 2.16. The second-order valence-corrected chi connectivity index (χ2v) is 6.53. The third-order valence-corrected chi connectivity index (χ3v) is 4.64. The largest absolute Gasteiger partial charge is 0.319 e. The van der Waals surface area contributed by atoms with Crippen molar-refractivity contribution < 1.29 is 8.42 Å².